The maximum atomic E-state index is 12.9. The first kappa shape index (κ1) is 20.1. The second-order valence-corrected chi connectivity index (χ2v) is 7.25. The summed E-state index contributed by atoms with van der Waals surface area (Å²) >= 11 is 0. The number of methoxy groups -OCH3 is 1. The van der Waals surface area contributed by atoms with Crippen molar-refractivity contribution in [3.05, 3.63) is 47.9 Å². The van der Waals surface area contributed by atoms with Crippen molar-refractivity contribution in [3.63, 3.8) is 0 Å². The molecular formula is C20H19F3N4O3. The van der Waals surface area contributed by atoms with Crippen LogP contribution in [0.4, 0.5) is 18.9 Å². The van der Waals surface area contributed by atoms with Gasteiger partial charge in [-0.2, -0.15) is 18.3 Å². The van der Waals surface area contributed by atoms with Gasteiger partial charge in [-0.3, -0.25) is 9.48 Å². The molecule has 1 aliphatic carbocycles. The Balaban J connectivity index is 1.59. The van der Waals surface area contributed by atoms with E-state index < -0.39 is 17.8 Å². The normalized spacial score (nSPS) is 18.8. The van der Waals surface area contributed by atoms with Crippen LogP contribution in [0.1, 0.15) is 35.1 Å². The number of ether oxygens (including phenoxy) is 1. The Labute approximate surface area is 169 Å². The van der Waals surface area contributed by atoms with Gasteiger partial charge < -0.3 is 15.2 Å². The van der Waals surface area contributed by atoms with Gasteiger partial charge in [-0.05, 0) is 37.0 Å². The van der Waals surface area contributed by atoms with Gasteiger partial charge in [0.2, 0.25) is 0 Å². The summed E-state index contributed by atoms with van der Waals surface area (Å²) in [7, 11) is 1.42. The number of pyridine rings is 1. The molecule has 0 radical (unpaired) electrons. The van der Waals surface area contributed by atoms with E-state index in [2.05, 4.69) is 15.4 Å². The lowest BCUT2D eigenvalue weighted by Crippen LogP contribution is -2.29. The van der Waals surface area contributed by atoms with Crippen molar-refractivity contribution < 1.29 is 27.8 Å². The van der Waals surface area contributed by atoms with Crippen molar-refractivity contribution in [2.75, 3.05) is 19.0 Å². The number of alkyl halides is 3. The van der Waals surface area contributed by atoms with Gasteiger partial charge in [0, 0.05) is 24.3 Å². The highest BCUT2D eigenvalue weighted by atomic mass is 19.4. The van der Waals surface area contributed by atoms with Gasteiger partial charge in [0.05, 0.1) is 24.4 Å². The number of fused-ring (bicyclic) bond motifs is 1. The standard InChI is InChI=1S/C20H19F3N4O3/c1-30-17-8-15-12(9-27(26-15)13-5-11(6-13)10-28)7-16(17)25-19(29)14-3-2-4-18(24-14)20(21,22)23/h2-4,7-9,11,13,28H,5-6,10H2,1H3,(H,25,29)/t11-,13+. The molecule has 1 aromatic carbocycles. The van der Waals surface area contributed by atoms with Crippen molar-refractivity contribution >= 4 is 22.5 Å². The largest absolute Gasteiger partial charge is 0.494 e. The number of anilines is 1. The monoisotopic (exact) mass is 420 g/mol. The summed E-state index contributed by atoms with van der Waals surface area (Å²) < 4.78 is 45.7. The van der Waals surface area contributed by atoms with Crippen LogP contribution in [0, 0.1) is 5.92 Å². The number of aromatic nitrogens is 3. The van der Waals surface area contributed by atoms with Gasteiger partial charge >= 0.3 is 6.18 Å². The van der Waals surface area contributed by atoms with E-state index in [1.807, 2.05) is 10.9 Å². The lowest BCUT2D eigenvalue weighted by atomic mass is 9.81. The molecule has 1 fully saturated rings. The fourth-order valence-corrected chi connectivity index (χ4v) is 3.50. The highest BCUT2D eigenvalue weighted by Gasteiger charge is 2.33. The third-order valence-corrected chi connectivity index (χ3v) is 5.21. The summed E-state index contributed by atoms with van der Waals surface area (Å²) in [5.41, 5.74) is -0.530. The molecule has 1 saturated carbocycles. The van der Waals surface area contributed by atoms with Crippen LogP contribution in [0.15, 0.2) is 36.5 Å². The highest BCUT2D eigenvalue weighted by Crippen LogP contribution is 2.38. The molecule has 1 aliphatic rings. The molecular weight excluding hydrogens is 401 g/mol. The van der Waals surface area contributed by atoms with E-state index in [4.69, 9.17) is 4.74 Å². The fourth-order valence-electron chi connectivity index (χ4n) is 3.50. The van der Waals surface area contributed by atoms with Gasteiger partial charge in [-0.25, -0.2) is 4.98 Å². The number of aliphatic hydroxyl groups excluding tert-OH is 1. The second-order valence-electron chi connectivity index (χ2n) is 7.25. The van der Waals surface area contributed by atoms with Crippen LogP contribution >= 0.6 is 0 Å². The van der Waals surface area contributed by atoms with Crippen LogP contribution < -0.4 is 10.1 Å². The number of aliphatic hydroxyl groups is 1. The number of nitrogens with zero attached hydrogens (tertiary/aromatic N) is 3. The summed E-state index contributed by atoms with van der Waals surface area (Å²) in [5, 5.41) is 17.0. The predicted molar refractivity (Wildman–Crippen MR) is 102 cm³/mol. The molecule has 30 heavy (non-hydrogen) atoms. The molecule has 0 spiro atoms. The summed E-state index contributed by atoms with van der Waals surface area (Å²) in [6.07, 6.45) is -1.12. The van der Waals surface area contributed by atoms with E-state index in [0.717, 1.165) is 30.4 Å². The SMILES string of the molecule is COc1cc2nn([C@H]3C[C@@H](CO)C3)cc2cc1NC(=O)c1cccc(C(F)(F)F)n1. The molecule has 10 heteroatoms. The number of rotatable bonds is 5. The molecule has 0 saturated heterocycles. The third-order valence-electron chi connectivity index (χ3n) is 5.21. The Bertz CT molecular complexity index is 1090. The Kier molecular flexibility index (Phi) is 5.10. The average molecular weight is 420 g/mol. The molecule has 1 amide bonds. The van der Waals surface area contributed by atoms with Crippen LogP contribution in [0.3, 0.4) is 0 Å². The van der Waals surface area contributed by atoms with Gasteiger partial charge in [-0.15, -0.1) is 0 Å². The topological polar surface area (TPSA) is 89.3 Å². The number of carbonyl (C=O) groups excluding carboxylic acids is 1. The number of halogens is 3. The number of amides is 1. The molecule has 4 rings (SSSR count). The molecule has 158 valence electrons. The molecule has 2 aromatic heterocycles. The molecule has 0 aliphatic heterocycles. The fraction of sp³-hybridized carbons (Fsp3) is 0.350. The van der Waals surface area contributed by atoms with E-state index in [-0.39, 0.29) is 24.3 Å². The molecule has 2 heterocycles. The molecule has 7 nitrogen and oxygen atoms in total. The predicted octanol–water partition coefficient (Wildman–Crippen LogP) is 3.65. The molecule has 0 unspecified atom stereocenters. The Morgan fingerprint density at radius 1 is 1.33 bits per heavy atom. The number of carbonyl (C=O) groups is 1. The number of benzene rings is 1. The molecule has 0 bridgehead atoms. The van der Waals surface area contributed by atoms with Crippen molar-refractivity contribution in [3.8, 4) is 5.75 Å². The van der Waals surface area contributed by atoms with Gasteiger partial charge in [0.1, 0.15) is 17.1 Å². The quantitative estimate of drug-likeness (QED) is 0.658. The van der Waals surface area contributed by atoms with E-state index >= 15 is 0 Å². The first-order valence-electron chi connectivity index (χ1n) is 9.32. The van der Waals surface area contributed by atoms with Crippen LogP contribution in [0.25, 0.3) is 10.9 Å². The van der Waals surface area contributed by atoms with Crippen LogP contribution in [-0.4, -0.2) is 39.5 Å². The number of nitrogens with one attached hydrogen (secondary N) is 1. The van der Waals surface area contributed by atoms with Crippen molar-refractivity contribution in [2.24, 2.45) is 5.92 Å². The molecule has 3 aromatic rings. The van der Waals surface area contributed by atoms with Crippen molar-refractivity contribution in [1.29, 1.82) is 0 Å². The minimum absolute atomic E-state index is 0.158. The lowest BCUT2D eigenvalue weighted by molar-refractivity contribution is -0.141. The van der Waals surface area contributed by atoms with Crippen molar-refractivity contribution in [2.45, 2.75) is 25.1 Å². The lowest BCUT2D eigenvalue weighted by Gasteiger charge is -2.33. The van der Waals surface area contributed by atoms with Gasteiger partial charge in [-0.1, -0.05) is 6.07 Å². The summed E-state index contributed by atoms with van der Waals surface area (Å²) in [6, 6.07) is 6.66. The minimum Gasteiger partial charge on any atom is -0.494 e. The van der Waals surface area contributed by atoms with Gasteiger partial charge in [0.25, 0.3) is 5.91 Å². The molecule has 2 N–H and O–H groups in total. The number of hydrogen-bond donors (Lipinski definition) is 2. The highest BCUT2D eigenvalue weighted by molar-refractivity contribution is 6.05. The minimum atomic E-state index is -4.64. The van der Waals surface area contributed by atoms with E-state index in [9.17, 15) is 23.1 Å². The summed E-state index contributed by atoms with van der Waals surface area (Å²) in [5.74, 6) is -0.169. The van der Waals surface area contributed by atoms with Crippen LogP contribution in [0.5, 0.6) is 5.75 Å². The van der Waals surface area contributed by atoms with E-state index in [0.29, 0.717) is 17.0 Å². The third kappa shape index (κ3) is 3.82. The second kappa shape index (κ2) is 7.60. The smallest absolute Gasteiger partial charge is 0.433 e. The van der Waals surface area contributed by atoms with E-state index in [1.165, 1.54) is 13.2 Å². The zero-order valence-corrected chi connectivity index (χ0v) is 16.0. The molecule has 0 atom stereocenters. The maximum absolute atomic E-state index is 12.9. The zero-order valence-electron chi connectivity index (χ0n) is 16.0. The van der Waals surface area contributed by atoms with Crippen LogP contribution in [-0.2, 0) is 6.18 Å². The Morgan fingerprint density at radius 2 is 2.10 bits per heavy atom. The first-order chi connectivity index (χ1) is 14.3. The summed E-state index contributed by atoms with van der Waals surface area (Å²) in [6.45, 7) is 0.158. The first-order valence-corrected chi connectivity index (χ1v) is 9.32. The van der Waals surface area contributed by atoms with E-state index in [1.54, 1.807) is 12.1 Å². The Hall–Kier alpha value is -3.14. The Morgan fingerprint density at radius 3 is 2.77 bits per heavy atom. The van der Waals surface area contributed by atoms with Crippen LogP contribution in [0.2, 0.25) is 0 Å². The van der Waals surface area contributed by atoms with Crippen molar-refractivity contribution in [1.82, 2.24) is 14.8 Å². The van der Waals surface area contributed by atoms with Gasteiger partial charge in [0.15, 0.2) is 0 Å². The zero-order chi connectivity index (χ0) is 21.5. The maximum Gasteiger partial charge on any atom is 0.433 e. The number of hydrogen-bond acceptors (Lipinski definition) is 5. The average Bonchev–Trinajstić information content (AvgIpc) is 3.08. The summed E-state index contributed by atoms with van der Waals surface area (Å²) in [4.78, 5) is 15.9.